The van der Waals surface area contributed by atoms with Gasteiger partial charge in [0.1, 0.15) is 5.75 Å². The van der Waals surface area contributed by atoms with Crippen molar-refractivity contribution < 1.29 is 17.9 Å². The molecule has 0 aliphatic carbocycles. The summed E-state index contributed by atoms with van der Waals surface area (Å²) in [6.07, 6.45) is 0.345. The van der Waals surface area contributed by atoms with Crippen molar-refractivity contribution in [1.29, 1.82) is 0 Å². The van der Waals surface area contributed by atoms with E-state index >= 15 is 0 Å². The summed E-state index contributed by atoms with van der Waals surface area (Å²) in [6.45, 7) is 0. The van der Waals surface area contributed by atoms with Crippen LogP contribution < -0.4 is 20.1 Å². The molecular formula is C23H21Cl2N3O4S. The molecule has 1 aliphatic rings. The van der Waals surface area contributed by atoms with Crippen LogP contribution in [0, 0.1) is 0 Å². The van der Waals surface area contributed by atoms with E-state index in [0.717, 1.165) is 11.1 Å². The molecule has 4 rings (SSSR count). The molecule has 0 saturated carbocycles. The molecule has 0 bridgehead atoms. The molecule has 0 atom stereocenters. The number of nitrogens with one attached hydrogen (secondary N) is 3. The number of methoxy groups -OCH3 is 1. The number of rotatable bonds is 7. The van der Waals surface area contributed by atoms with Crippen molar-refractivity contribution in [2.45, 2.75) is 6.42 Å². The second kappa shape index (κ2) is 9.51. The summed E-state index contributed by atoms with van der Waals surface area (Å²) < 4.78 is 32.2. The Morgan fingerprint density at radius 3 is 2.45 bits per heavy atom. The molecule has 1 heterocycles. The first-order valence-electron chi connectivity index (χ1n) is 10.1. The number of carbonyl (C=O) groups excluding carboxylic acids is 1. The SMILES string of the molecule is COc1cc(-c2ccc3c(c2)Nc2ccc(NS(=O)(=O)CCCCl)cc2NC3=O)ccc1Cl. The molecule has 7 nitrogen and oxygen atoms in total. The molecule has 1 aliphatic heterocycles. The van der Waals surface area contributed by atoms with Crippen LogP contribution >= 0.6 is 23.2 Å². The third-order valence-corrected chi connectivity index (χ3v) is 7.06. The molecule has 172 valence electrons. The maximum Gasteiger partial charge on any atom is 0.257 e. The number of benzene rings is 3. The summed E-state index contributed by atoms with van der Waals surface area (Å²) in [7, 11) is -1.98. The van der Waals surface area contributed by atoms with Gasteiger partial charge in [-0.25, -0.2) is 8.42 Å². The molecule has 0 fully saturated rings. The molecule has 33 heavy (non-hydrogen) atoms. The molecule has 1 amide bonds. The Morgan fingerprint density at radius 1 is 0.939 bits per heavy atom. The lowest BCUT2D eigenvalue weighted by atomic mass is 10.0. The number of halogens is 2. The Balaban J connectivity index is 1.65. The smallest absolute Gasteiger partial charge is 0.257 e. The van der Waals surface area contributed by atoms with Crippen LogP contribution in [0.5, 0.6) is 5.75 Å². The van der Waals surface area contributed by atoms with Crippen LogP contribution in [0.2, 0.25) is 5.02 Å². The predicted octanol–water partition coefficient (Wildman–Crippen LogP) is 5.70. The molecule has 3 N–H and O–H groups in total. The summed E-state index contributed by atoms with van der Waals surface area (Å²) in [6, 6.07) is 15.8. The van der Waals surface area contributed by atoms with Gasteiger partial charge in [0, 0.05) is 5.88 Å². The summed E-state index contributed by atoms with van der Waals surface area (Å²) >= 11 is 11.7. The van der Waals surface area contributed by atoms with Gasteiger partial charge in [-0.2, -0.15) is 0 Å². The molecule has 0 spiro atoms. The van der Waals surface area contributed by atoms with Crippen molar-refractivity contribution in [3.63, 3.8) is 0 Å². The molecule has 0 saturated heterocycles. The summed E-state index contributed by atoms with van der Waals surface area (Å²) in [5.41, 5.74) is 4.28. The number of fused-ring (bicyclic) bond motifs is 2. The van der Waals surface area contributed by atoms with Crippen molar-refractivity contribution in [2.75, 3.05) is 34.1 Å². The lowest BCUT2D eigenvalue weighted by molar-refractivity contribution is 0.102. The highest BCUT2D eigenvalue weighted by Gasteiger charge is 2.21. The van der Waals surface area contributed by atoms with E-state index < -0.39 is 10.0 Å². The Bertz CT molecular complexity index is 1330. The van der Waals surface area contributed by atoms with Gasteiger partial charge in [0.15, 0.2) is 0 Å². The first kappa shape index (κ1) is 23.2. The lowest BCUT2D eigenvalue weighted by Crippen LogP contribution is -2.17. The summed E-state index contributed by atoms with van der Waals surface area (Å²) in [4.78, 5) is 12.9. The number of hydrogen-bond acceptors (Lipinski definition) is 5. The van der Waals surface area contributed by atoms with Crippen molar-refractivity contribution in [3.8, 4) is 16.9 Å². The normalized spacial score (nSPS) is 12.6. The van der Waals surface area contributed by atoms with Crippen LogP contribution in [0.25, 0.3) is 11.1 Å². The van der Waals surface area contributed by atoms with Crippen LogP contribution in [-0.4, -0.2) is 33.1 Å². The second-order valence-corrected chi connectivity index (χ2v) is 10.0. The van der Waals surface area contributed by atoms with E-state index in [0.29, 0.717) is 45.5 Å². The molecule has 3 aromatic carbocycles. The zero-order valence-electron chi connectivity index (χ0n) is 17.6. The third-order valence-electron chi connectivity index (χ3n) is 5.11. The van der Waals surface area contributed by atoms with Crippen LogP contribution in [0.3, 0.4) is 0 Å². The second-order valence-electron chi connectivity index (χ2n) is 7.41. The third kappa shape index (κ3) is 5.19. The van der Waals surface area contributed by atoms with Crippen molar-refractivity contribution in [2.24, 2.45) is 0 Å². The largest absolute Gasteiger partial charge is 0.495 e. The average molecular weight is 506 g/mol. The van der Waals surface area contributed by atoms with E-state index in [-0.39, 0.29) is 17.5 Å². The number of hydrogen-bond donors (Lipinski definition) is 3. The number of ether oxygens (including phenoxy) is 1. The van der Waals surface area contributed by atoms with Crippen LogP contribution in [0.15, 0.2) is 54.6 Å². The Kier molecular flexibility index (Phi) is 6.69. The van der Waals surface area contributed by atoms with Gasteiger partial charge in [-0.05, 0) is 60.0 Å². The number of sulfonamides is 1. The van der Waals surface area contributed by atoms with Gasteiger partial charge in [-0.3, -0.25) is 9.52 Å². The summed E-state index contributed by atoms with van der Waals surface area (Å²) in [5.74, 6) is 0.426. The van der Waals surface area contributed by atoms with Gasteiger partial charge in [-0.15, -0.1) is 11.6 Å². The lowest BCUT2D eigenvalue weighted by Gasteiger charge is -2.13. The molecule has 0 unspecified atom stereocenters. The fraction of sp³-hybridized carbons (Fsp3) is 0.174. The standard InChI is InChI=1S/C23H21Cl2N3O4S/c1-32-22-12-15(4-7-18(22)25)14-3-6-17-20(11-14)26-19-8-5-16(13-21(19)27-23(17)29)28-33(30,31)10-2-9-24/h3-8,11-13,26,28H,2,9-10H2,1H3,(H,27,29). The topological polar surface area (TPSA) is 96.5 Å². The Morgan fingerprint density at radius 2 is 1.70 bits per heavy atom. The Labute approximate surface area is 202 Å². The zero-order valence-corrected chi connectivity index (χ0v) is 19.9. The quantitative estimate of drug-likeness (QED) is 0.358. The van der Waals surface area contributed by atoms with Gasteiger partial charge < -0.3 is 15.4 Å². The minimum absolute atomic E-state index is 0.0815. The van der Waals surface area contributed by atoms with Crippen molar-refractivity contribution in [1.82, 2.24) is 0 Å². The minimum Gasteiger partial charge on any atom is -0.495 e. The molecule has 10 heteroatoms. The summed E-state index contributed by atoms with van der Waals surface area (Å²) in [5, 5.41) is 6.62. The highest BCUT2D eigenvalue weighted by molar-refractivity contribution is 7.92. The number of amides is 1. The Hall–Kier alpha value is -2.94. The predicted molar refractivity (Wildman–Crippen MR) is 134 cm³/mol. The first-order chi connectivity index (χ1) is 15.8. The van der Waals surface area contributed by atoms with Crippen molar-refractivity contribution in [3.05, 3.63) is 65.2 Å². The van der Waals surface area contributed by atoms with E-state index in [9.17, 15) is 13.2 Å². The van der Waals surface area contributed by atoms with Gasteiger partial charge >= 0.3 is 0 Å². The molecular weight excluding hydrogens is 485 g/mol. The van der Waals surface area contributed by atoms with E-state index in [2.05, 4.69) is 15.4 Å². The van der Waals surface area contributed by atoms with E-state index in [1.807, 2.05) is 24.3 Å². The average Bonchev–Trinajstić information content (AvgIpc) is 2.92. The molecule has 0 radical (unpaired) electrons. The minimum atomic E-state index is -3.53. The van der Waals surface area contributed by atoms with Gasteiger partial charge in [0.05, 0.1) is 46.2 Å². The van der Waals surface area contributed by atoms with E-state index in [1.54, 1.807) is 37.4 Å². The number of anilines is 4. The number of alkyl halides is 1. The van der Waals surface area contributed by atoms with Gasteiger partial charge in [-0.1, -0.05) is 23.7 Å². The van der Waals surface area contributed by atoms with Gasteiger partial charge in [0.2, 0.25) is 10.0 Å². The molecule has 3 aromatic rings. The fourth-order valence-electron chi connectivity index (χ4n) is 3.49. The van der Waals surface area contributed by atoms with Crippen LogP contribution in [0.1, 0.15) is 16.8 Å². The van der Waals surface area contributed by atoms with E-state index in [4.69, 9.17) is 27.9 Å². The van der Waals surface area contributed by atoms with Crippen molar-refractivity contribution >= 4 is 61.9 Å². The van der Waals surface area contributed by atoms with E-state index in [1.165, 1.54) is 0 Å². The maximum absolute atomic E-state index is 12.9. The number of carbonyl (C=O) groups is 1. The zero-order chi connectivity index (χ0) is 23.6. The molecule has 0 aromatic heterocycles. The van der Waals surface area contributed by atoms with Crippen LogP contribution in [0.4, 0.5) is 22.7 Å². The first-order valence-corrected chi connectivity index (χ1v) is 12.6. The highest BCUT2D eigenvalue weighted by Crippen LogP contribution is 2.37. The fourth-order valence-corrected chi connectivity index (χ4v) is 5.09. The maximum atomic E-state index is 12.9. The monoisotopic (exact) mass is 505 g/mol. The van der Waals surface area contributed by atoms with Gasteiger partial charge in [0.25, 0.3) is 5.91 Å². The van der Waals surface area contributed by atoms with Crippen LogP contribution in [-0.2, 0) is 10.0 Å². The highest BCUT2D eigenvalue weighted by atomic mass is 35.5.